The SMILES string of the molecule is CS(=O)(=O)c1ccc(Nc2oc(C3=CC=CC4NN=CC34)nc2C(N)=O)cc1. The number of allylic oxidation sites excluding steroid dienone is 2. The number of sulfone groups is 1. The van der Waals surface area contributed by atoms with Crippen molar-refractivity contribution in [2.24, 2.45) is 16.8 Å². The number of carbonyl (C=O) groups excluding carboxylic acids is 1. The zero-order valence-corrected chi connectivity index (χ0v) is 15.6. The molecule has 2 unspecified atom stereocenters. The topological polar surface area (TPSA) is 140 Å². The minimum Gasteiger partial charge on any atom is -0.420 e. The van der Waals surface area contributed by atoms with Gasteiger partial charge in [-0.3, -0.25) is 4.79 Å². The van der Waals surface area contributed by atoms with Crippen molar-refractivity contribution in [3.05, 3.63) is 54.1 Å². The molecule has 0 saturated heterocycles. The zero-order chi connectivity index (χ0) is 19.9. The maximum Gasteiger partial charge on any atom is 0.273 e. The molecule has 9 nitrogen and oxygen atoms in total. The first-order valence-electron chi connectivity index (χ1n) is 8.38. The number of fused-ring (bicyclic) bond motifs is 1. The van der Waals surface area contributed by atoms with Crippen LogP contribution in [0.2, 0.25) is 0 Å². The van der Waals surface area contributed by atoms with E-state index in [2.05, 4.69) is 20.8 Å². The second-order valence-corrected chi connectivity index (χ2v) is 8.46. The van der Waals surface area contributed by atoms with Gasteiger partial charge in [-0.15, -0.1) is 0 Å². The summed E-state index contributed by atoms with van der Waals surface area (Å²) in [6.45, 7) is 0. The largest absolute Gasteiger partial charge is 0.420 e. The van der Waals surface area contributed by atoms with Crippen LogP contribution in [0.4, 0.5) is 11.6 Å². The predicted molar refractivity (Wildman–Crippen MR) is 104 cm³/mol. The molecular weight excluding hydrogens is 382 g/mol. The molecule has 4 N–H and O–H groups in total. The van der Waals surface area contributed by atoms with Crippen molar-refractivity contribution >= 4 is 39.1 Å². The summed E-state index contributed by atoms with van der Waals surface area (Å²) in [5.41, 5.74) is 9.67. The molecule has 10 heteroatoms. The van der Waals surface area contributed by atoms with Crippen LogP contribution >= 0.6 is 0 Å². The van der Waals surface area contributed by atoms with E-state index in [1.54, 1.807) is 18.3 Å². The number of nitrogens with one attached hydrogen (secondary N) is 2. The lowest BCUT2D eigenvalue weighted by molar-refractivity contribution is 0.0996. The number of nitrogens with two attached hydrogens (primary N) is 1. The second kappa shape index (κ2) is 6.64. The van der Waals surface area contributed by atoms with E-state index in [4.69, 9.17) is 10.2 Å². The van der Waals surface area contributed by atoms with E-state index in [0.29, 0.717) is 5.69 Å². The van der Waals surface area contributed by atoms with E-state index in [9.17, 15) is 13.2 Å². The molecule has 1 amide bonds. The molecule has 2 heterocycles. The molecule has 4 rings (SSSR count). The van der Waals surface area contributed by atoms with Crippen LogP contribution in [0.5, 0.6) is 0 Å². The van der Waals surface area contributed by atoms with Crippen LogP contribution in [0, 0.1) is 5.92 Å². The number of hydrogen-bond acceptors (Lipinski definition) is 8. The summed E-state index contributed by atoms with van der Waals surface area (Å²) >= 11 is 0. The molecule has 0 bridgehead atoms. The Hall–Kier alpha value is -3.40. The number of benzene rings is 1. The Bertz CT molecular complexity index is 1130. The number of nitrogens with zero attached hydrogens (tertiary/aromatic N) is 2. The summed E-state index contributed by atoms with van der Waals surface area (Å²) in [6.07, 6.45) is 8.57. The number of hydrogen-bond donors (Lipinski definition) is 3. The third kappa shape index (κ3) is 3.29. The molecule has 0 spiro atoms. The molecule has 1 aliphatic heterocycles. The Morgan fingerprint density at radius 3 is 2.71 bits per heavy atom. The van der Waals surface area contributed by atoms with E-state index >= 15 is 0 Å². The Labute approximate surface area is 160 Å². The first kappa shape index (κ1) is 18.0. The number of primary amides is 1. The van der Waals surface area contributed by atoms with Crippen LogP contribution in [0.1, 0.15) is 16.4 Å². The van der Waals surface area contributed by atoms with Crippen LogP contribution in [-0.4, -0.2) is 37.8 Å². The third-order valence-corrected chi connectivity index (χ3v) is 5.58. The van der Waals surface area contributed by atoms with Crippen molar-refractivity contribution in [3.8, 4) is 0 Å². The monoisotopic (exact) mass is 399 g/mol. The first-order chi connectivity index (χ1) is 13.3. The summed E-state index contributed by atoms with van der Waals surface area (Å²) in [6, 6.07) is 6.05. The normalized spacial score (nSPS) is 20.4. The number of amides is 1. The Morgan fingerprint density at radius 1 is 1.29 bits per heavy atom. The van der Waals surface area contributed by atoms with Gasteiger partial charge in [0, 0.05) is 23.7 Å². The molecule has 2 aliphatic rings. The lowest BCUT2D eigenvalue weighted by Crippen LogP contribution is -2.27. The van der Waals surface area contributed by atoms with E-state index in [1.807, 2.05) is 18.2 Å². The van der Waals surface area contributed by atoms with Crippen molar-refractivity contribution < 1.29 is 17.6 Å². The van der Waals surface area contributed by atoms with Crippen molar-refractivity contribution in [3.63, 3.8) is 0 Å². The molecule has 1 aliphatic carbocycles. The molecule has 2 aromatic rings. The van der Waals surface area contributed by atoms with E-state index in [0.717, 1.165) is 11.8 Å². The van der Waals surface area contributed by atoms with Gasteiger partial charge in [-0.05, 0) is 24.3 Å². The molecule has 28 heavy (non-hydrogen) atoms. The summed E-state index contributed by atoms with van der Waals surface area (Å²) in [7, 11) is -3.30. The number of hydrazone groups is 1. The molecular formula is C18H17N5O4S. The van der Waals surface area contributed by atoms with Crippen LogP contribution in [0.15, 0.2) is 56.9 Å². The predicted octanol–water partition coefficient (Wildman–Crippen LogP) is 1.45. The standard InChI is InChI=1S/C18H17N5O4S/c1-28(25,26)11-7-5-10(6-8-11)21-18-15(16(19)24)22-17(27-18)12-3-2-4-14-13(12)9-20-23-14/h2-9,13-14,21,23H,1H3,(H2,19,24). The van der Waals surface area contributed by atoms with Gasteiger partial charge in [0.1, 0.15) is 0 Å². The number of oxazole rings is 1. The number of rotatable bonds is 5. The Balaban J connectivity index is 1.66. The average molecular weight is 399 g/mol. The van der Waals surface area contributed by atoms with Crippen LogP contribution < -0.4 is 16.5 Å². The maximum atomic E-state index is 11.8. The second-order valence-electron chi connectivity index (χ2n) is 6.45. The van der Waals surface area contributed by atoms with Crippen LogP contribution in [-0.2, 0) is 9.84 Å². The lowest BCUT2D eigenvalue weighted by atomic mass is 9.89. The first-order valence-corrected chi connectivity index (χ1v) is 10.3. The van der Waals surface area contributed by atoms with Crippen LogP contribution in [0.3, 0.4) is 0 Å². The van der Waals surface area contributed by atoms with Gasteiger partial charge >= 0.3 is 0 Å². The fourth-order valence-corrected chi connectivity index (χ4v) is 3.67. The highest BCUT2D eigenvalue weighted by Gasteiger charge is 2.32. The lowest BCUT2D eigenvalue weighted by Gasteiger charge is -2.18. The van der Waals surface area contributed by atoms with E-state index in [1.165, 1.54) is 12.1 Å². The molecule has 1 aromatic carbocycles. The van der Waals surface area contributed by atoms with Gasteiger partial charge in [0.05, 0.1) is 16.9 Å². The van der Waals surface area contributed by atoms with E-state index < -0.39 is 15.7 Å². The molecule has 144 valence electrons. The molecule has 0 radical (unpaired) electrons. The van der Waals surface area contributed by atoms with Crippen molar-refractivity contribution in [2.75, 3.05) is 11.6 Å². The minimum atomic E-state index is -3.30. The average Bonchev–Trinajstić information content (AvgIpc) is 3.28. The van der Waals surface area contributed by atoms with Gasteiger partial charge in [0.15, 0.2) is 15.5 Å². The van der Waals surface area contributed by atoms with Crippen LogP contribution in [0.25, 0.3) is 5.57 Å². The fourth-order valence-electron chi connectivity index (χ4n) is 3.03. The highest BCUT2D eigenvalue weighted by atomic mass is 32.2. The maximum absolute atomic E-state index is 11.8. The van der Waals surface area contributed by atoms with Crippen molar-refractivity contribution in [1.82, 2.24) is 10.4 Å². The van der Waals surface area contributed by atoms with Gasteiger partial charge in [-0.1, -0.05) is 18.2 Å². The minimum absolute atomic E-state index is 0.00359. The molecule has 2 atom stereocenters. The summed E-state index contributed by atoms with van der Waals surface area (Å²) < 4.78 is 28.9. The zero-order valence-electron chi connectivity index (χ0n) is 14.8. The van der Waals surface area contributed by atoms with E-state index in [-0.39, 0.29) is 34.3 Å². The number of anilines is 2. The third-order valence-electron chi connectivity index (χ3n) is 4.45. The summed E-state index contributed by atoms with van der Waals surface area (Å²) in [5.74, 6) is -0.457. The quantitative estimate of drug-likeness (QED) is 0.691. The fraction of sp³-hybridized carbons (Fsp3) is 0.167. The van der Waals surface area contributed by atoms with Gasteiger partial charge in [-0.25, -0.2) is 13.4 Å². The van der Waals surface area contributed by atoms with Gasteiger partial charge in [-0.2, -0.15) is 5.10 Å². The highest BCUT2D eigenvalue weighted by Crippen LogP contribution is 2.33. The summed E-state index contributed by atoms with van der Waals surface area (Å²) in [5, 5.41) is 7.00. The molecule has 1 aromatic heterocycles. The smallest absolute Gasteiger partial charge is 0.273 e. The van der Waals surface area contributed by atoms with Crippen molar-refractivity contribution in [2.45, 2.75) is 10.9 Å². The van der Waals surface area contributed by atoms with Gasteiger partial charge in [0.2, 0.25) is 11.8 Å². The Kier molecular flexibility index (Phi) is 4.27. The van der Waals surface area contributed by atoms with Crippen molar-refractivity contribution in [1.29, 1.82) is 0 Å². The number of aromatic nitrogens is 1. The Morgan fingerprint density at radius 2 is 2.04 bits per heavy atom. The van der Waals surface area contributed by atoms with Gasteiger partial charge < -0.3 is 20.9 Å². The van der Waals surface area contributed by atoms with Gasteiger partial charge in [0.25, 0.3) is 5.91 Å². The summed E-state index contributed by atoms with van der Waals surface area (Å²) in [4.78, 5) is 16.3. The highest BCUT2D eigenvalue weighted by molar-refractivity contribution is 7.90. The molecule has 0 fully saturated rings. The number of carbonyl (C=O) groups is 1. The molecule has 0 saturated carbocycles.